The Morgan fingerprint density at radius 3 is 2.68 bits per heavy atom. The first-order valence-corrected chi connectivity index (χ1v) is 6.20. The molecule has 0 spiro atoms. The predicted molar refractivity (Wildman–Crippen MR) is 72.6 cm³/mol. The predicted octanol–water partition coefficient (Wildman–Crippen LogP) is 1.16. The fraction of sp³-hybridized carbons (Fsp3) is 0.429. The van der Waals surface area contributed by atoms with E-state index in [4.69, 9.17) is 10.00 Å². The molecule has 0 radical (unpaired) electrons. The Morgan fingerprint density at radius 2 is 2.11 bits per heavy atom. The quantitative estimate of drug-likeness (QED) is 0.800. The van der Waals surface area contributed by atoms with Gasteiger partial charge in [0.15, 0.2) is 6.61 Å². The number of carbonyl (C=O) groups excluding carboxylic acids is 1. The molecule has 5 nitrogen and oxygen atoms in total. The van der Waals surface area contributed by atoms with Gasteiger partial charge in [-0.25, -0.2) is 0 Å². The molecule has 0 aliphatic heterocycles. The molecule has 19 heavy (non-hydrogen) atoms. The molecule has 1 rings (SSSR count). The lowest BCUT2D eigenvalue weighted by Crippen LogP contribution is -2.35. The van der Waals surface area contributed by atoms with Crippen LogP contribution in [0.4, 0.5) is 0 Å². The largest absolute Gasteiger partial charge is 0.479 e. The first-order valence-electron chi connectivity index (χ1n) is 6.20. The van der Waals surface area contributed by atoms with Gasteiger partial charge in [0, 0.05) is 20.1 Å². The van der Waals surface area contributed by atoms with Crippen molar-refractivity contribution in [1.29, 1.82) is 5.26 Å². The highest BCUT2D eigenvalue weighted by Crippen LogP contribution is 2.11. The van der Waals surface area contributed by atoms with Crippen LogP contribution in [0.25, 0.3) is 0 Å². The third-order valence-corrected chi connectivity index (χ3v) is 2.73. The molecule has 0 saturated carbocycles. The summed E-state index contributed by atoms with van der Waals surface area (Å²) in [4.78, 5) is 13.2. The maximum atomic E-state index is 11.5. The zero-order chi connectivity index (χ0) is 14.1. The Balaban J connectivity index is 2.34. The standard InChI is InChI=1S/C14H19N3O2/c1-3-17(2)14(18)11-16-10-12-4-6-13(7-5-12)19-9-8-15/h4-7,16H,3,9-11H2,1-2H3. The van der Waals surface area contributed by atoms with Crippen molar-refractivity contribution in [2.75, 3.05) is 26.7 Å². The second kappa shape index (κ2) is 8.11. The third-order valence-electron chi connectivity index (χ3n) is 2.73. The van der Waals surface area contributed by atoms with Gasteiger partial charge in [0.2, 0.25) is 5.91 Å². The van der Waals surface area contributed by atoms with Crippen LogP contribution < -0.4 is 10.1 Å². The number of nitriles is 1. The summed E-state index contributed by atoms with van der Waals surface area (Å²) in [7, 11) is 1.78. The molecule has 0 saturated heterocycles. The van der Waals surface area contributed by atoms with Gasteiger partial charge in [-0.05, 0) is 24.6 Å². The highest BCUT2D eigenvalue weighted by atomic mass is 16.5. The number of nitrogens with zero attached hydrogens (tertiary/aromatic N) is 2. The van der Waals surface area contributed by atoms with Gasteiger partial charge in [-0.15, -0.1) is 0 Å². The number of hydrogen-bond donors (Lipinski definition) is 1. The summed E-state index contributed by atoms with van der Waals surface area (Å²) in [6.45, 7) is 3.66. The molecule has 0 aromatic heterocycles. The Labute approximate surface area is 113 Å². The van der Waals surface area contributed by atoms with E-state index < -0.39 is 0 Å². The summed E-state index contributed by atoms with van der Waals surface area (Å²) in [5, 5.41) is 11.5. The van der Waals surface area contributed by atoms with Crippen LogP contribution in [0.1, 0.15) is 12.5 Å². The molecule has 5 heteroatoms. The second-order valence-electron chi connectivity index (χ2n) is 4.10. The van der Waals surface area contributed by atoms with E-state index in [2.05, 4.69) is 5.32 Å². The first kappa shape index (κ1) is 15.0. The van der Waals surface area contributed by atoms with Gasteiger partial charge in [-0.2, -0.15) is 5.26 Å². The van der Waals surface area contributed by atoms with Gasteiger partial charge >= 0.3 is 0 Å². The minimum atomic E-state index is 0.0510. The van der Waals surface area contributed by atoms with E-state index in [9.17, 15) is 4.79 Å². The van der Waals surface area contributed by atoms with E-state index >= 15 is 0 Å². The van der Waals surface area contributed by atoms with Crippen molar-refractivity contribution in [3.8, 4) is 11.8 Å². The Bertz CT molecular complexity index is 437. The average Bonchev–Trinajstić information content (AvgIpc) is 2.45. The van der Waals surface area contributed by atoms with Crippen LogP contribution in [0.3, 0.4) is 0 Å². The highest BCUT2D eigenvalue weighted by molar-refractivity contribution is 5.77. The maximum absolute atomic E-state index is 11.5. The summed E-state index contributed by atoms with van der Waals surface area (Å²) in [5.41, 5.74) is 1.07. The summed E-state index contributed by atoms with van der Waals surface area (Å²) in [6, 6.07) is 9.37. The van der Waals surface area contributed by atoms with E-state index in [0.717, 1.165) is 5.56 Å². The summed E-state index contributed by atoms with van der Waals surface area (Å²) >= 11 is 0. The molecule has 1 N–H and O–H groups in total. The normalized spacial score (nSPS) is 9.74. The Kier molecular flexibility index (Phi) is 6.41. The molecule has 0 aliphatic rings. The van der Waals surface area contributed by atoms with E-state index in [1.807, 2.05) is 37.3 Å². The van der Waals surface area contributed by atoms with Gasteiger partial charge < -0.3 is 15.0 Å². The minimum Gasteiger partial charge on any atom is -0.479 e. The van der Waals surface area contributed by atoms with Crippen molar-refractivity contribution in [2.24, 2.45) is 0 Å². The number of carbonyl (C=O) groups is 1. The molecule has 1 aromatic carbocycles. The molecule has 0 fully saturated rings. The van der Waals surface area contributed by atoms with E-state index in [-0.39, 0.29) is 12.5 Å². The molecule has 1 aromatic rings. The summed E-state index contributed by atoms with van der Waals surface area (Å²) < 4.78 is 5.16. The van der Waals surface area contributed by atoms with E-state index in [0.29, 0.717) is 25.4 Å². The monoisotopic (exact) mass is 261 g/mol. The van der Waals surface area contributed by atoms with Crippen LogP contribution in [0.2, 0.25) is 0 Å². The number of hydrogen-bond acceptors (Lipinski definition) is 4. The van der Waals surface area contributed by atoms with Crippen LogP contribution in [0.5, 0.6) is 5.75 Å². The van der Waals surface area contributed by atoms with Crippen molar-refractivity contribution in [1.82, 2.24) is 10.2 Å². The zero-order valence-corrected chi connectivity index (χ0v) is 11.3. The van der Waals surface area contributed by atoms with Crippen LogP contribution in [-0.4, -0.2) is 37.6 Å². The molecule has 1 amide bonds. The van der Waals surface area contributed by atoms with Gasteiger partial charge in [0.05, 0.1) is 6.54 Å². The number of rotatable bonds is 7. The molecule has 0 atom stereocenters. The number of benzene rings is 1. The number of amides is 1. The zero-order valence-electron chi connectivity index (χ0n) is 11.3. The summed E-state index contributed by atoms with van der Waals surface area (Å²) in [5.74, 6) is 0.753. The smallest absolute Gasteiger partial charge is 0.236 e. The van der Waals surface area contributed by atoms with Crippen molar-refractivity contribution in [2.45, 2.75) is 13.5 Å². The first-order chi connectivity index (χ1) is 9.17. The molecule has 0 unspecified atom stereocenters. The van der Waals surface area contributed by atoms with Gasteiger partial charge in [0.25, 0.3) is 0 Å². The lowest BCUT2D eigenvalue weighted by Gasteiger charge is -2.14. The fourth-order valence-corrected chi connectivity index (χ4v) is 1.44. The number of likely N-dealkylation sites (N-methyl/N-ethyl adjacent to an activating group) is 1. The maximum Gasteiger partial charge on any atom is 0.236 e. The van der Waals surface area contributed by atoms with Gasteiger partial charge in [-0.3, -0.25) is 4.79 Å². The van der Waals surface area contributed by atoms with Crippen molar-refractivity contribution >= 4 is 5.91 Å². The Hall–Kier alpha value is -2.06. The van der Waals surface area contributed by atoms with Crippen molar-refractivity contribution in [3.05, 3.63) is 29.8 Å². The van der Waals surface area contributed by atoms with Crippen LogP contribution in [-0.2, 0) is 11.3 Å². The molecule has 0 bridgehead atoms. The van der Waals surface area contributed by atoms with Crippen molar-refractivity contribution in [3.63, 3.8) is 0 Å². The van der Waals surface area contributed by atoms with E-state index in [1.165, 1.54) is 0 Å². The van der Waals surface area contributed by atoms with Gasteiger partial charge in [0.1, 0.15) is 11.8 Å². The third kappa shape index (κ3) is 5.40. The van der Waals surface area contributed by atoms with Crippen LogP contribution in [0, 0.1) is 11.3 Å². The van der Waals surface area contributed by atoms with Gasteiger partial charge in [-0.1, -0.05) is 12.1 Å². The second-order valence-corrected chi connectivity index (χ2v) is 4.10. The minimum absolute atomic E-state index is 0.0510. The molecule has 102 valence electrons. The molecular formula is C14H19N3O2. The molecule has 0 aliphatic carbocycles. The number of ether oxygens (including phenoxy) is 1. The lowest BCUT2D eigenvalue weighted by atomic mass is 10.2. The Morgan fingerprint density at radius 1 is 1.42 bits per heavy atom. The topological polar surface area (TPSA) is 65.4 Å². The van der Waals surface area contributed by atoms with E-state index in [1.54, 1.807) is 11.9 Å². The van der Waals surface area contributed by atoms with Crippen molar-refractivity contribution < 1.29 is 9.53 Å². The van der Waals surface area contributed by atoms with Crippen LogP contribution >= 0.6 is 0 Å². The summed E-state index contributed by atoms with van der Waals surface area (Å²) in [6.07, 6.45) is 0. The molecule has 0 heterocycles. The fourth-order valence-electron chi connectivity index (χ4n) is 1.44. The highest BCUT2D eigenvalue weighted by Gasteiger charge is 2.05. The average molecular weight is 261 g/mol. The SMILES string of the molecule is CCN(C)C(=O)CNCc1ccc(OCC#N)cc1. The number of nitrogens with one attached hydrogen (secondary N) is 1. The molecular weight excluding hydrogens is 242 g/mol. The van der Waals surface area contributed by atoms with Crippen LogP contribution in [0.15, 0.2) is 24.3 Å². The lowest BCUT2D eigenvalue weighted by molar-refractivity contribution is -0.128.